The smallest absolute Gasteiger partial charge is 0.407 e. The number of nitrogens with one attached hydrogen (secondary N) is 2. The number of alkyl carbamates (subject to hydrolysis) is 1. The summed E-state index contributed by atoms with van der Waals surface area (Å²) < 4.78 is 5.47. The highest BCUT2D eigenvalue weighted by Gasteiger charge is 2.31. The molecule has 7 nitrogen and oxygen atoms in total. The third-order valence-corrected chi connectivity index (χ3v) is 6.73. The minimum Gasteiger partial charge on any atom is -0.481 e. The summed E-state index contributed by atoms with van der Waals surface area (Å²) >= 11 is 0. The molecule has 7 heteroatoms. The van der Waals surface area contributed by atoms with Crippen LogP contribution < -0.4 is 10.6 Å². The molecule has 0 spiro atoms. The first-order valence-corrected chi connectivity index (χ1v) is 11.4. The average Bonchev–Trinajstić information content (AvgIpc) is 3.14. The highest BCUT2D eigenvalue weighted by atomic mass is 16.5. The van der Waals surface area contributed by atoms with E-state index in [0.29, 0.717) is 6.54 Å². The van der Waals surface area contributed by atoms with Crippen LogP contribution in [0.15, 0.2) is 48.5 Å². The van der Waals surface area contributed by atoms with Crippen LogP contribution in [0.1, 0.15) is 57.1 Å². The second kappa shape index (κ2) is 10.5. The maximum atomic E-state index is 12.6. The van der Waals surface area contributed by atoms with Crippen LogP contribution in [0.25, 0.3) is 11.1 Å². The molecule has 0 fully saturated rings. The summed E-state index contributed by atoms with van der Waals surface area (Å²) in [5, 5.41) is 14.4. The number of carboxylic acids is 1. The van der Waals surface area contributed by atoms with Gasteiger partial charge in [-0.25, -0.2) is 4.79 Å². The number of amides is 2. The Bertz CT molecular complexity index is 970. The number of rotatable bonds is 10. The van der Waals surface area contributed by atoms with Gasteiger partial charge in [-0.1, -0.05) is 69.3 Å². The van der Waals surface area contributed by atoms with Crippen molar-refractivity contribution < 1.29 is 24.2 Å². The molecular weight excluding hydrogens is 420 g/mol. The zero-order valence-electron chi connectivity index (χ0n) is 19.4. The SMILES string of the molecule is CCC(C)(CC)CNC(=O)C(CC(=O)O)NC(=O)OCC1c2ccccc2-c2ccccc21. The first-order valence-electron chi connectivity index (χ1n) is 11.4. The number of hydrogen-bond donors (Lipinski definition) is 3. The number of benzene rings is 2. The Labute approximate surface area is 194 Å². The van der Waals surface area contributed by atoms with Crippen LogP contribution in [0.2, 0.25) is 0 Å². The molecule has 0 bridgehead atoms. The minimum absolute atomic E-state index is 0.0883. The van der Waals surface area contributed by atoms with E-state index in [2.05, 4.69) is 17.6 Å². The molecule has 1 atom stereocenters. The number of carboxylic acid groups (broad SMARTS) is 1. The molecular formula is C26H32N2O5. The quantitative estimate of drug-likeness (QED) is 0.498. The van der Waals surface area contributed by atoms with E-state index < -0.39 is 30.4 Å². The van der Waals surface area contributed by atoms with Crippen molar-refractivity contribution in [2.24, 2.45) is 5.41 Å². The molecule has 3 rings (SSSR count). The van der Waals surface area contributed by atoms with Gasteiger partial charge >= 0.3 is 12.1 Å². The molecule has 33 heavy (non-hydrogen) atoms. The molecule has 2 aromatic rings. The maximum Gasteiger partial charge on any atom is 0.407 e. The molecule has 0 radical (unpaired) electrons. The Morgan fingerprint density at radius 3 is 2.06 bits per heavy atom. The van der Waals surface area contributed by atoms with Crippen LogP contribution >= 0.6 is 0 Å². The van der Waals surface area contributed by atoms with Crippen LogP contribution in [-0.2, 0) is 14.3 Å². The highest BCUT2D eigenvalue weighted by molar-refractivity contribution is 5.89. The van der Waals surface area contributed by atoms with Gasteiger partial charge in [0.1, 0.15) is 12.6 Å². The number of hydrogen-bond acceptors (Lipinski definition) is 4. The van der Waals surface area contributed by atoms with Crippen molar-refractivity contribution in [3.05, 3.63) is 59.7 Å². The number of carbonyl (C=O) groups excluding carboxylic acids is 2. The molecule has 0 aliphatic heterocycles. The predicted molar refractivity (Wildman–Crippen MR) is 126 cm³/mol. The maximum absolute atomic E-state index is 12.6. The Kier molecular flexibility index (Phi) is 7.74. The summed E-state index contributed by atoms with van der Waals surface area (Å²) in [4.78, 5) is 36.4. The fourth-order valence-electron chi connectivity index (χ4n) is 4.09. The van der Waals surface area contributed by atoms with Crippen LogP contribution in [-0.4, -0.2) is 42.3 Å². The molecule has 1 unspecified atom stereocenters. The van der Waals surface area contributed by atoms with Gasteiger partial charge in [-0.05, 0) is 40.5 Å². The van der Waals surface area contributed by atoms with Crippen molar-refractivity contribution in [1.82, 2.24) is 10.6 Å². The van der Waals surface area contributed by atoms with Crippen LogP contribution in [0.5, 0.6) is 0 Å². The molecule has 1 aliphatic rings. The molecule has 0 heterocycles. The van der Waals surface area contributed by atoms with Crippen molar-refractivity contribution in [3.8, 4) is 11.1 Å². The van der Waals surface area contributed by atoms with Gasteiger partial charge in [0.2, 0.25) is 5.91 Å². The molecule has 176 valence electrons. The van der Waals surface area contributed by atoms with E-state index in [1.807, 2.05) is 62.4 Å². The molecule has 0 saturated heterocycles. The van der Waals surface area contributed by atoms with Crippen LogP contribution in [0.3, 0.4) is 0 Å². The zero-order valence-corrected chi connectivity index (χ0v) is 19.4. The van der Waals surface area contributed by atoms with Gasteiger partial charge in [-0.2, -0.15) is 0 Å². The van der Waals surface area contributed by atoms with Gasteiger partial charge in [-0.3, -0.25) is 9.59 Å². The minimum atomic E-state index is -1.21. The van der Waals surface area contributed by atoms with Crippen molar-refractivity contribution in [3.63, 3.8) is 0 Å². The predicted octanol–water partition coefficient (Wildman–Crippen LogP) is 4.31. The van der Waals surface area contributed by atoms with E-state index in [-0.39, 0.29) is 17.9 Å². The van der Waals surface area contributed by atoms with E-state index in [1.54, 1.807) is 0 Å². The summed E-state index contributed by atoms with van der Waals surface area (Å²) in [6.45, 7) is 6.63. The van der Waals surface area contributed by atoms with Gasteiger partial charge < -0.3 is 20.5 Å². The lowest BCUT2D eigenvalue weighted by molar-refractivity contribution is -0.139. The summed E-state index contributed by atoms with van der Waals surface area (Å²) in [6.07, 6.45) is 0.401. The van der Waals surface area contributed by atoms with E-state index in [1.165, 1.54) is 0 Å². The number of carbonyl (C=O) groups is 3. The van der Waals surface area contributed by atoms with Crippen molar-refractivity contribution in [2.75, 3.05) is 13.2 Å². The molecule has 0 saturated carbocycles. The average molecular weight is 453 g/mol. The van der Waals surface area contributed by atoms with Gasteiger partial charge in [0.25, 0.3) is 0 Å². The lowest BCUT2D eigenvalue weighted by Gasteiger charge is -2.28. The monoisotopic (exact) mass is 452 g/mol. The summed E-state index contributed by atoms with van der Waals surface area (Å²) in [7, 11) is 0. The second-order valence-electron chi connectivity index (χ2n) is 8.86. The van der Waals surface area contributed by atoms with Crippen molar-refractivity contribution in [2.45, 2.75) is 52.0 Å². The van der Waals surface area contributed by atoms with E-state index in [0.717, 1.165) is 35.1 Å². The normalized spacial score (nSPS) is 13.5. The number of ether oxygens (including phenoxy) is 1. The van der Waals surface area contributed by atoms with E-state index in [9.17, 15) is 19.5 Å². The standard InChI is InChI=1S/C26H32N2O5/c1-4-26(3,5-2)16-27-24(31)22(14-23(29)30)28-25(32)33-15-21-19-12-8-6-10-17(19)18-11-7-9-13-20(18)21/h6-13,21-22H,4-5,14-16H2,1-3H3,(H,27,31)(H,28,32)(H,29,30). The van der Waals surface area contributed by atoms with Crippen molar-refractivity contribution >= 4 is 18.0 Å². The zero-order chi connectivity index (χ0) is 24.0. The summed E-state index contributed by atoms with van der Waals surface area (Å²) in [6, 6.07) is 14.8. The van der Waals surface area contributed by atoms with Gasteiger partial charge in [0.15, 0.2) is 0 Å². The Morgan fingerprint density at radius 1 is 1.00 bits per heavy atom. The lowest BCUT2D eigenvalue weighted by Crippen LogP contribution is -2.50. The Hall–Kier alpha value is -3.35. The van der Waals surface area contributed by atoms with E-state index >= 15 is 0 Å². The summed E-state index contributed by atoms with van der Waals surface area (Å²) in [5.41, 5.74) is 4.28. The van der Waals surface area contributed by atoms with Crippen LogP contribution in [0, 0.1) is 5.41 Å². The first-order chi connectivity index (χ1) is 15.8. The topological polar surface area (TPSA) is 105 Å². The van der Waals surface area contributed by atoms with Crippen LogP contribution in [0.4, 0.5) is 4.79 Å². The Morgan fingerprint density at radius 2 is 1.55 bits per heavy atom. The van der Waals surface area contributed by atoms with Gasteiger partial charge in [0.05, 0.1) is 6.42 Å². The molecule has 1 aliphatic carbocycles. The van der Waals surface area contributed by atoms with Gasteiger partial charge in [0, 0.05) is 12.5 Å². The Balaban J connectivity index is 1.64. The fourth-order valence-corrected chi connectivity index (χ4v) is 4.09. The van der Waals surface area contributed by atoms with E-state index in [4.69, 9.17) is 4.74 Å². The lowest BCUT2D eigenvalue weighted by atomic mass is 9.84. The molecule has 3 N–H and O–H groups in total. The third-order valence-electron chi connectivity index (χ3n) is 6.73. The molecule has 0 aromatic heterocycles. The first kappa shape index (κ1) is 24.3. The molecule has 2 amide bonds. The summed E-state index contributed by atoms with van der Waals surface area (Å²) in [5.74, 6) is -1.83. The highest BCUT2D eigenvalue weighted by Crippen LogP contribution is 2.44. The second-order valence-corrected chi connectivity index (χ2v) is 8.86. The number of aliphatic carboxylic acids is 1. The fraction of sp³-hybridized carbons (Fsp3) is 0.423. The largest absolute Gasteiger partial charge is 0.481 e. The van der Waals surface area contributed by atoms with Gasteiger partial charge in [-0.15, -0.1) is 0 Å². The molecule has 2 aromatic carbocycles. The van der Waals surface area contributed by atoms with Crippen molar-refractivity contribution in [1.29, 1.82) is 0 Å². The third kappa shape index (κ3) is 5.72. The number of fused-ring (bicyclic) bond motifs is 3.